The highest BCUT2D eigenvalue weighted by molar-refractivity contribution is 6.08. The number of furan rings is 1. The number of hydrazine groups is 1. The van der Waals surface area contributed by atoms with Crippen LogP contribution < -0.4 is 15.8 Å². The maximum Gasteiger partial charge on any atom is 0.270 e. The second-order valence-corrected chi connectivity index (χ2v) is 7.95. The average Bonchev–Trinajstić information content (AvgIpc) is 3.56. The number of rotatable bonds is 4. The van der Waals surface area contributed by atoms with Crippen molar-refractivity contribution in [3.05, 3.63) is 83.6 Å². The Balaban J connectivity index is 1.35. The van der Waals surface area contributed by atoms with Gasteiger partial charge in [-0.25, -0.2) is 4.98 Å². The third-order valence-corrected chi connectivity index (χ3v) is 5.86. The van der Waals surface area contributed by atoms with Gasteiger partial charge in [-0.05, 0) is 54.4 Å². The molecule has 0 aliphatic carbocycles. The molecule has 0 unspecified atom stereocenters. The Labute approximate surface area is 195 Å². The summed E-state index contributed by atoms with van der Waals surface area (Å²) in [5, 5.41) is 0.655. The number of carbonyl (C=O) groups is 3. The average molecular weight is 454 g/mol. The number of nitrogens with one attached hydrogen (secondary N) is 2. The predicted molar refractivity (Wildman–Crippen MR) is 127 cm³/mol. The predicted octanol–water partition coefficient (Wildman–Crippen LogP) is 3.87. The second kappa shape index (κ2) is 8.82. The molecule has 8 heteroatoms. The van der Waals surface area contributed by atoms with E-state index < -0.39 is 11.8 Å². The third-order valence-electron chi connectivity index (χ3n) is 5.86. The van der Waals surface area contributed by atoms with E-state index in [1.165, 1.54) is 0 Å². The molecule has 8 nitrogen and oxygen atoms in total. The van der Waals surface area contributed by atoms with Crippen molar-refractivity contribution in [3.8, 4) is 11.5 Å². The van der Waals surface area contributed by atoms with Gasteiger partial charge in [-0.3, -0.25) is 25.2 Å². The van der Waals surface area contributed by atoms with Crippen LogP contribution in [0.15, 0.2) is 71.3 Å². The van der Waals surface area contributed by atoms with Crippen molar-refractivity contribution in [2.45, 2.75) is 19.8 Å². The summed E-state index contributed by atoms with van der Waals surface area (Å²) in [4.78, 5) is 44.2. The normalized spacial score (nSPS) is 12.4. The summed E-state index contributed by atoms with van der Waals surface area (Å²) < 4.78 is 5.44. The number of anilines is 1. The molecule has 170 valence electrons. The second-order valence-electron chi connectivity index (χ2n) is 7.95. The lowest BCUT2D eigenvalue weighted by atomic mass is 10.1. The summed E-state index contributed by atoms with van der Waals surface area (Å²) in [5.74, 6) is -0.319. The van der Waals surface area contributed by atoms with E-state index in [0.717, 1.165) is 11.3 Å². The molecule has 0 saturated carbocycles. The molecule has 0 bridgehead atoms. The van der Waals surface area contributed by atoms with E-state index in [-0.39, 0.29) is 5.91 Å². The molecule has 0 spiro atoms. The first-order valence-corrected chi connectivity index (χ1v) is 11.0. The SMILES string of the molecule is CCC(=O)N1CCc2cc(C(=O)NNC(=O)c3cc(-c4ccco4)nc4ccccc34)ccc21. The highest BCUT2D eigenvalue weighted by Crippen LogP contribution is 2.29. The van der Waals surface area contributed by atoms with E-state index in [2.05, 4.69) is 15.8 Å². The van der Waals surface area contributed by atoms with Crippen molar-refractivity contribution in [1.29, 1.82) is 0 Å². The summed E-state index contributed by atoms with van der Waals surface area (Å²) in [6, 6.07) is 17.6. The van der Waals surface area contributed by atoms with Gasteiger partial charge in [0.2, 0.25) is 5.91 Å². The van der Waals surface area contributed by atoms with Gasteiger partial charge in [-0.1, -0.05) is 25.1 Å². The molecule has 4 aromatic rings. The van der Waals surface area contributed by atoms with Crippen LogP contribution in [0, 0.1) is 0 Å². The first-order chi connectivity index (χ1) is 16.5. The number of amides is 3. The summed E-state index contributed by atoms with van der Waals surface area (Å²) in [6.45, 7) is 2.44. The molecule has 3 heterocycles. The zero-order valence-corrected chi connectivity index (χ0v) is 18.5. The molecule has 1 aliphatic heterocycles. The molecule has 34 heavy (non-hydrogen) atoms. The lowest BCUT2D eigenvalue weighted by molar-refractivity contribution is -0.118. The fourth-order valence-electron chi connectivity index (χ4n) is 4.16. The topological polar surface area (TPSA) is 105 Å². The van der Waals surface area contributed by atoms with Crippen molar-refractivity contribution in [2.75, 3.05) is 11.4 Å². The Hall–Kier alpha value is -4.46. The number of carbonyl (C=O) groups excluding carboxylic acids is 3. The Morgan fingerprint density at radius 2 is 1.82 bits per heavy atom. The van der Waals surface area contributed by atoms with Gasteiger partial charge in [0.05, 0.1) is 17.3 Å². The zero-order valence-electron chi connectivity index (χ0n) is 18.5. The number of aromatic nitrogens is 1. The molecular formula is C26H22N4O4. The summed E-state index contributed by atoms with van der Waals surface area (Å²) in [7, 11) is 0. The van der Waals surface area contributed by atoms with Gasteiger partial charge in [-0.2, -0.15) is 0 Å². The number of benzene rings is 2. The molecule has 3 amide bonds. The minimum absolute atomic E-state index is 0.0571. The van der Waals surface area contributed by atoms with E-state index >= 15 is 0 Å². The molecule has 0 radical (unpaired) electrons. The van der Waals surface area contributed by atoms with E-state index in [0.29, 0.717) is 52.9 Å². The molecular weight excluding hydrogens is 432 g/mol. The largest absolute Gasteiger partial charge is 0.463 e. The van der Waals surface area contributed by atoms with Crippen LogP contribution in [0.2, 0.25) is 0 Å². The maximum atomic E-state index is 13.0. The van der Waals surface area contributed by atoms with Crippen LogP contribution in [0.5, 0.6) is 0 Å². The van der Waals surface area contributed by atoms with Crippen LogP contribution in [0.25, 0.3) is 22.4 Å². The summed E-state index contributed by atoms with van der Waals surface area (Å²) in [6.07, 6.45) is 2.66. The maximum absolute atomic E-state index is 13.0. The molecule has 0 fully saturated rings. The lowest BCUT2D eigenvalue weighted by Gasteiger charge is -2.16. The Morgan fingerprint density at radius 1 is 1.00 bits per heavy atom. The highest BCUT2D eigenvalue weighted by atomic mass is 16.3. The lowest BCUT2D eigenvalue weighted by Crippen LogP contribution is -2.41. The standard InChI is InChI=1S/C26H22N4O4/c1-2-24(31)30-12-11-16-14-17(9-10-22(16)30)25(32)28-29-26(33)19-15-21(23-8-5-13-34-23)27-20-7-4-3-6-18(19)20/h3-10,13-15H,2,11-12H2,1H3,(H,28,32)(H,29,33). The van der Waals surface area contributed by atoms with Gasteiger partial charge < -0.3 is 9.32 Å². The van der Waals surface area contributed by atoms with Crippen molar-refractivity contribution in [2.24, 2.45) is 0 Å². The zero-order chi connectivity index (χ0) is 23.7. The van der Waals surface area contributed by atoms with E-state index in [4.69, 9.17) is 4.42 Å². The number of hydrogen-bond acceptors (Lipinski definition) is 5. The van der Waals surface area contributed by atoms with Crippen LogP contribution in [-0.2, 0) is 11.2 Å². The Morgan fingerprint density at radius 3 is 2.62 bits per heavy atom. The van der Waals surface area contributed by atoms with Gasteiger partial charge in [0.1, 0.15) is 5.69 Å². The van der Waals surface area contributed by atoms with Gasteiger partial charge in [0.15, 0.2) is 5.76 Å². The number of fused-ring (bicyclic) bond motifs is 2. The number of para-hydroxylation sites is 1. The molecule has 0 saturated heterocycles. The van der Waals surface area contributed by atoms with Crippen molar-refractivity contribution in [1.82, 2.24) is 15.8 Å². The molecule has 2 N–H and O–H groups in total. The van der Waals surface area contributed by atoms with Crippen molar-refractivity contribution < 1.29 is 18.8 Å². The van der Waals surface area contributed by atoms with Crippen LogP contribution in [0.1, 0.15) is 39.6 Å². The number of nitrogens with zero attached hydrogens (tertiary/aromatic N) is 2. The van der Waals surface area contributed by atoms with Gasteiger partial charge in [0.25, 0.3) is 11.8 Å². The van der Waals surface area contributed by atoms with Crippen LogP contribution in [-0.4, -0.2) is 29.3 Å². The fraction of sp³-hybridized carbons (Fsp3) is 0.154. The molecule has 1 aliphatic rings. The highest BCUT2D eigenvalue weighted by Gasteiger charge is 2.24. The van der Waals surface area contributed by atoms with Gasteiger partial charge in [-0.15, -0.1) is 0 Å². The fourth-order valence-corrected chi connectivity index (χ4v) is 4.16. The Bertz CT molecular complexity index is 1410. The molecule has 0 atom stereocenters. The molecule has 2 aromatic heterocycles. The van der Waals surface area contributed by atoms with Crippen LogP contribution in [0.3, 0.4) is 0 Å². The van der Waals surface area contributed by atoms with Crippen molar-refractivity contribution >= 4 is 34.3 Å². The monoisotopic (exact) mass is 454 g/mol. The first kappa shape index (κ1) is 21.4. The van der Waals surface area contributed by atoms with Gasteiger partial charge >= 0.3 is 0 Å². The summed E-state index contributed by atoms with van der Waals surface area (Å²) >= 11 is 0. The van der Waals surface area contributed by atoms with E-state index in [9.17, 15) is 14.4 Å². The van der Waals surface area contributed by atoms with Gasteiger partial charge in [0, 0.05) is 29.6 Å². The number of pyridine rings is 1. The van der Waals surface area contributed by atoms with Crippen LogP contribution in [0.4, 0.5) is 5.69 Å². The van der Waals surface area contributed by atoms with E-state index in [1.54, 1.807) is 53.6 Å². The third kappa shape index (κ3) is 3.90. The van der Waals surface area contributed by atoms with Crippen molar-refractivity contribution in [3.63, 3.8) is 0 Å². The number of hydrogen-bond donors (Lipinski definition) is 2. The Kier molecular flexibility index (Phi) is 5.55. The van der Waals surface area contributed by atoms with Crippen LogP contribution >= 0.6 is 0 Å². The first-order valence-electron chi connectivity index (χ1n) is 11.0. The minimum Gasteiger partial charge on any atom is -0.463 e. The minimum atomic E-state index is -0.472. The smallest absolute Gasteiger partial charge is 0.270 e. The van der Waals surface area contributed by atoms with E-state index in [1.807, 2.05) is 25.1 Å². The molecule has 2 aromatic carbocycles. The molecule has 5 rings (SSSR count). The quantitative estimate of drug-likeness (QED) is 0.456. The summed E-state index contributed by atoms with van der Waals surface area (Å²) in [5.41, 5.74) is 8.68.